The molecule has 2 rings (SSSR count). The monoisotopic (exact) mass is 240 g/mol. The van der Waals surface area contributed by atoms with Crippen LogP contribution in [0, 0.1) is 11.3 Å². The Morgan fingerprint density at radius 2 is 2.06 bits per heavy atom. The van der Waals surface area contributed by atoms with Crippen LogP contribution in [-0.4, -0.2) is 16.7 Å². The molecule has 1 N–H and O–H groups in total. The van der Waals surface area contributed by atoms with Crippen molar-refractivity contribution in [3.05, 3.63) is 53.9 Å². The van der Waals surface area contributed by atoms with Gasteiger partial charge < -0.3 is 9.84 Å². The lowest BCUT2D eigenvalue weighted by molar-refractivity contribution is 0.298. The van der Waals surface area contributed by atoms with E-state index in [1.807, 2.05) is 18.2 Å². The zero-order valence-corrected chi connectivity index (χ0v) is 9.71. The number of pyridine rings is 1. The van der Waals surface area contributed by atoms with Gasteiger partial charge in [-0.05, 0) is 24.1 Å². The van der Waals surface area contributed by atoms with Crippen LogP contribution in [0.2, 0.25) is 0 Å². The molecule has 0 aliphatic heterocycles. The van der Waals surface area contributed by atoms with Crippen LogP contribution in [0.1, 0.15) is 11.1 Å². The summed E-state index contributed by atoms with van der Waals surface area (Å²) in [6.07, 6.45) is 3.57. The average molecular weight is 240 g/mol. The Morgan fingerprint density at radius 3 is 2.83 bits per heavy atom. The molecule has 0 saturated carbocycles. The van der Waals surface area contributed by atoms with E-state index in [1.54, 1.807) is 18.3 Å². The van der Waals surface area contributed by atoms with Gasteiger partial charge in [0.15, 0.2) is 5.75 Å². The highest BCUT2D eigenvalue weighted by Gasteiger charge is 2.07. The maximum Gasteiger partial charge on any atom is 0.163 e. The van der Waals surface area contributed by atoms with Crippen LogP contribution >= 0.6 is 0 Å². The third-order valence-electron chi connectivity index (χ3n) is 2.48. The lowest BCUT2D eigenvalue weighted by Gasteiger charge is -2.10. The van der Waals surface area contributed by atoms with Crippen LogP contribution in [0.4, 0.5) is 0 Å². The van der Waals surface area contributed by atoms with Gasteiger partial charge in [-0.25, -0.2) is 0 Å². The van der Waals surface area contributed by atoms with Gasteiger partial charge in [-0.2, -0.15) is 5.26 Å². The molecular formula is C14H12N2O2. The molecule has 18 heavy (non-hydrogen) atoms. The molecule has 1 aromatic heterocycles. The molecule has 0 bridgehead atoms. The Labute approximate surface area is 105 Å². The summed E-state index contributed by atoms with van der Waals surface area (Å²) in [5.41, 5.74) is 1.33. The number of aliphatic hydroxyl groups excluding tert-OH is 1. The minimum Gasteiger partial charge on any atom is -0.454 e. The van der Waals surface area contributed by atoms with Crippen LogP contribution in [0.5, 0.6) is 11.5 Å². The van der Waals surface area contributed by atoms with Crippen LogP contribution in [-0.2, 0) is 6.42 Å². The van der Waals surface area contributed by atoms with Crippen molar-refractivity contribution < 1.29 is 9.84 Å². The quantitative estimate of drug-likeness (QED) is 0.890. The van der Waals surface area contributed by atoms with Crippen molar-refractivity contribution in [1.82, 2.24) is 4.98 Å². The molecule has 0 aliphatic carbocycles. The number of para-hydroxylation sites is 1. The highest BCUT2D eigenvalue weighted by atomic mass is 16.5. The molecule has 0 radical (unpaired) electrons. The van der Waals surface area contributed by atoms with Crippen molar-refractivity contribution in [1.29, 1.82) is 5.26 Å². The molecule has 90 valence electrons. The first-order valence-corrected chi connectivity index (χ1v) is 5.56. The fourth-order valence-corrected chi connectivity index (χ4v) is 1.60. The van der Waals surface area contributed by atoms with E-state index in [9.17, 15) is 0 Å². The van der Waals surface area contributed by atoms with Crippen LogP contribution < -0.4 is 4.74 Å². The van der Waals surface area contributed by atoms with E-state index in [0.717, 1.165) is 5.56 Å². The fourth-order valence-electron chi connectivity index (χ4n) is 1.60. The van der Waals surface area contributed by atoms with Gasteiger partial charge in [-0.15, -0.1) is 0 Å². The Kier molecular flexibility index (Phi) is 3.90. The molecule has 2 aromatic rings. The maximum absolute atomic E-state index is 8.99. The maximum atomic E-state index is 8.99. The largest absolute Gasteiger partial charge is 0.454 e. The smallest absolute Gasteiger partial charge is 0.163 e. The zero-order valence-electron chi connectivity index (χ0n) is 9.71. The molecule has 4 nitrogen and oxygen atoms in total. The predicted octanol–water partition coefficient (Wildman–Crippen LogP) is 2.28. The molecule has 0 spiro atoms. The highest BCUT2D eigenvalue weighted by molar-refractivity contribution is 5.44. The fraction of sp³-hybridized carbons (Fsp3) is 0.143. The lowest BCUT2D eigenvalue weighted by Crippen LogP contribution is -1.96. The minimum absolute atomic E-state index is 0.0541. The number of nitrogens with zero attached hydrogens (tertiary/aromatic N) is 2. The summed E-state index contributed by atoms with van der Waals surface area (Å²) in [6, 6.07) is 11.1. The summed E-state index contributed by atoms with van der Waals surface area (Å²) in [4.78, 5) is 3.94. The molecule has 0 amide bonds. The van der Waals surface area contributed by atoms with E-state index in [4.69, 9.17) is 15.1 Å². The van der Waals surface area contributed by atoms with Gasteiger partial charge in [0.05, 0.1) is 11.8 Å². The number of hydrogen-bond donors (Lipinski definition) is 1. The van der Waals surface area contributed by atoms with E-state index in [-0.39, 0.29) is 6.61 Å². The number of hydrogen-bond acceptors (Lipinski definition) is 4. The van der Waals surface area contributed by atoms with Gasteiger partial charge >= 0.3 is 0 Å². The summed E-state index contributed by atoms with van der Waals surface area (Å²) in [5.74, 6) is 1.06. The normalized spacial score (nSPS) is 9.78. The molecule has 0 unspecified atom stereocenters. The van der Waals surface area contributed by atoms with Crippen molar-refractivity contribution in [2.45, 2.75) is 6.42 Å². The Bertz CT molecular complexity index is 576. The van der Waals surface area contributed by atoms with Crippen molar-refractivity contribution in [3.8, 4) is 17.6 Å². The van der Waals surface area contributed by atoms with Crippen LogP contribution in [0.15, 0.2) is 42.7 Å². The first kappa shape index (κ1) is 12.1. The third kappa shape index (κ3) is 2.65. The van der Waals surface area contributed by atoms with E-state index >= 15 is 0 Å². The number of aromatic nitrogens is 1. The Morgan fingerprint density at radius 1 is 1.22 bits per heavy atom. The molecule has 0 saturated heterocycles. The molecule has 4 heteroatoms. The van der Waals surface area contributed by atoms with E-state index in [2.05, 4.69) is 11.1 Å². The number of benzene rings is 1. The standard InChI is InChI=1S/C14H12N2O2/c15-9-12-5-7-16-10-14(12)18-13-4-2-1-3-11(13)6-8-17/h1-5,7,10,17H,6,8H2. The summed E-state index contributed by atoms with van der Waals surface area (Å²) in [5, 5.41) is 18.0. The predicted molar refractivity (Wildman–Crippen MR) is 66.3 cm³/mol. The summed E-state index contributed by atoms with van der Waals surface area (Å²) < 4.78 is 5.69. The second-order valence-electron chi connectivity index (χ2n) is 3.67. The second-order valence-corrected chi connectivity index (χ2v) is 3.67. The van der Waals surface area contributed by atoms with Gasteiger partial charge in [0.1, 0.15) is 11.8 Å². The van der Waals surface area contributed by atoms with Gasteiger partial charge in [-0.3, -0.25) is 4.98 Å². The van der Waals surface area contributed by atoms with E-state index < -0.39 is 0 Å². The molecule has 1 heterocycles. The van der Waals surface area contributed by atoms with Crippen molar-refractivity contribution in [2.75, 3.05) is 6.61 Å². The van der Waals surface area contributed by atoms with Gasteiger partial charge in [0.25, 0.3) is 0 Å². The van der Waals surface area contributed by atoms with Crippen LogP contribution in [0.3, 0.4) is 0 Å². The molecule has 0 atom stereocenters. The number of ether oxygens (including phenoxy) is 1. The number of rotatable bonds is 4. The van der Waals surface area contributed by atoms with Crippen molar-refractivity contribution in [2.24, 2.45) is 0 Å². The Balaban J connectivity index is 2.31. The van der Waals surface area contributed by atoms with E-state index in [0.29, 0.717) is 23.5 Å². The zero-order chi connectivity index (χ0) is 12.8. The summed E-state index contributed by atoms with van der Waals surface area (Å²) in [6.45, 7) is 0.0541. The van der Waals surface area contributed by atoms with Crippen molar-refractivity contribution in [3.63, 3.8) is 0 Å². The Hall–Kier alpha value is -2.38. The average Bonchev–Trinajstić information content (AvgIpc) is 2.42. The number of nitriles is 1. The molecule has 1 aromatic carbocycles. The van der Waals surface area contributed by atoms with Crippen molar-refractivity contribution >= 4 is 0 Å². The van der Waals surface area contributed by atoms with E-state index in [1.165, 1.54) is 6.20 Å². The summed E-state index contributed by atoms with van der Waals surface area (Å²) >= 11 is 0. The third-order valence-corrected chi connectivity index (χ3v) is 2.48. The second kappa shape index (κ2) is 5.80. The summed E-state index contributed by atoms with van der Waals surface area (Å²) in [7, 11) is 0. The SMILES string of the molecule is N#Cc1ccncc1Oc1ccccc1CCO. The lowest BCUT2D eigenvalue weighted by atomic mass is 10.1. The highest BCUT2D eigenvalue weighted by Crippen LogP contribution is 2.27. The molecule has 0 aliphatic rings. The van der Waals surface area contributed by atoms with Gasteiger partial charge in [0, 0.05) is 12.8 Å². The minimum atomic E-state index is 0.0541. The molecular weight excluding hydrogens is 228 g/mol. The first-order valence-electron chi connectivity index (χ1n) is 5.56. The molecule has 0 fully saturated rings. The first-order chi connectivity index (χ1) is 8.85. The number of aliphatic hydroxyl groups is 1. The van der Waals surface area contributed by atoms with Gasteiger partial charge in [0.2, 0.25) is 0 Å². The topological polar surface area (TPSA) is 66.1 Å². The van der Waals surface area contributed by atoms with Gasteiger partial charge in [-0.1, -0.05) is 18.2 Å². The van der Waals surface area contributed by atoms with Crippen LogP contribution in [0.25, 0.3) is 0 Å².